The number of hydrogen-bond donors (Lipinski definition) is 1. The van der Waals surface area contributed by atoms with Crippen LogP contribution in [0.3, 0.4) is 0 Å². The first-order valence-corrected chi connectivity index (χ1v) is 5.29. The zero-order valence-corrected chi connectivity index (χ0v) is 8.79. The third-order valence-corrected chi connectivity index (χ3v) is 2.81. The molecule has 0 fully saturated rings. The van der Waals surface area contributed by atoms with Crippen molar-refractivity contribution in [1.29, 1.82) is 0 Å². The summed E-state index contributed by atoms with van der Waals surface area (Å²) >= 11 is 1.66. The van der Waals surface area contributed by atoms with Gasteiger partial charge in [0.2, 0.25) is 0 Å². The maximum atomic E-state index is 5.58. The summed E-state index contributed by atoms with van der Waals surface area (Å²) in [7, 11) is 0. The SMILES string of the molecule is Cc1nc(Cn2nccc2CN)cs1. The van der Waals surface area contributed by atoms with Crippen LogP contribution in [0.15, 0.2) is 17.6 Å². The molecular formula is C9H12N4S. The molecule has 74 valence electrons. The monoisotopic (exact) mass is 208 g/mol. The van der Waals surface area contributed by atoms with E-state index in [9.17, 15) is 0 Å². The highest BCUT2D eigenvalue weighted by molar-refractivity contribution is 7.09. The Labute approximate surface area is 86.4 Å². The number of nitrogens with zero attached hydrogens (tertiary/aromatic N) is 3. The summed E-state index contributed by atoms with van der Waals surface area (Å²) in [6, 6.07) is 1.93. The van der Waals surface area contributed by atoms with Crippen LogP contribution >= 0.6 is 11.3 Å². The Morgan fingerprint density at radius 3 is 3.07 bits per heavy atom. The molecule has 2 N–H and O–H groups in total. The second kappa shape index (κ2) is 3.89. The lowest BCUT2D eigenvalue weighted by Gasteiger charge is -2.02. The van der Waals surface area contributed by atoms with Crippen LogP contribution in [-0.2, 0) is 13.1 Å². The van der Waals surface area contributed by atoms with Crippen molar-refractivity contribution in [1.82, 2.24) is 14.8 Å². The minimum absolute atomic E-state index is 0.517. The average Bonchev–Trinajstić information content (AvgIpc) is 2.76. The molecule has 0 aliphatic rings. The van der Waals surface area contributed by atoms with Gasteiger partial charge in [-0.15, -0.1) is 11.3 Å². The molecule has 0 atom stereocenters. The smallest absolute Gasteiger partial charge is 0.0898 e. The number of rotatable bonds is 3. The summed E-state index contributed by atoms with van der Waals surface area (Å²) in [6.07, 6.45) is 1.77. The van der Waals surface area contributed by atoms with Gasteiger partial charge in [-0.25, -0.2) is 4.98 Å². The molecule has 0 spiro atoms. The fourth-order valence-electron chi connectivity index (χ4n) is 1.31. The van der Waals surface area contributed by atoms with E-state index in [0.717, 1.165) is 16.4 Å². The van der Waals surface area contributed by atoms with Crippen LogP contribution in [0.2, 0.25) is 0 Å². The molecule has 2 rings (SSSR count). The highest BCUT2D eigenvalue weighted by atomic mass is 32.1. The number of hydrogen-bond acceptors (Lipinski definition) is 4. The molecule has 0 aliphatic carbocycles. The summed E-state index contributed by atoms with van der Waals surface area (Å²) in [5, 5.41) is 7.33. The highest BCUT2D eigenvalue weighted by Crippen LogP contribution is 2.10. The van der Waals surface area contributed by atoms with Crippen molar-refractivity contribution >= 4 is 11.3 Å². The van der Waals surface area contributed by atoms with Crippen molar-refractivity contribution in [3.63, 3.8) is 0 Å². The topological polar surface area (TPSA) is 56.7 Å². The number of aryl methyl sites for hydroxylation is 1. The maximum absolute atomic E-state index is 5.58. The molecule has 2 aromatic rings. The molecular weight excluding hydrogens is 196 g/mol. The normalized spacial score (nSPS) is 10.7. The number of nitrogens with two attached hydrogens (primary N) is 1. The van der Waals surface area contributed by atoms with E-state index < -0.39 is 0 Å². The van der Waals surface area contributed by atoms with Gasteiger partial charge in [-0.05, 0) is 13.0 Å². The van der Waals surface area contributed by atoms with E-state index in [0.29, 0.717) is 13.1 Å². The molecule has 0 unspecified atom stereocenters. The number of thiazole rings is 1. The quantitative estimate of drug-likeness (QED) is 0.823. The van der Waals surface area contributed by atoms with Crippen LogP contribution in [0.4, 0.5) is 0 Å². The lowest BCUT2D eigenvalue weighted by Crippen LogP contribution is -2.09. The third kappa shape index (κ3) is 1.83. The van der Waals surface area contributed by atoms with Gasteiger partial charge in [0.1, 0.15) is 0 Å². The van der Waals surface area contributed by atoms with Gasteiger partial charge in [0, 0.05) is 18.1 Å². The first kappa shape index (κ1) is 9.36. The molecule has 0 amide bonds. The van der Waals surface area contributed by atoms with Gasteiger partial charge >= 0.3 is 0 Å². The predicted molar refractivity (Wildman–Crippen MR) is 56.1 cm³/mol. The summed E-state index contributed by atoms with van der Waals surface area (Å²) in [5.41, 5.74) is 7.66. The van der Waals surface area contributed by atoms with Crippen molar-refractivity contribution in [2.24, 2.45) is 5.73 Å². The fourth-order valence-corrected chi connectivity index (χ4v) is 1.91. The maximum Gasteiger partial charge on any atom is 0.0898 e. The van der Waals surface area contributed by atoms with Crippen molar-refractivity contribution in [2.45, 2.75) is 20.0 Å². The fraction of sp³-hybridized carbons (Fsp3) is 0.333. The average molecular weight is 208 g/mol. The van der Waals surface area contributed by atoms with E-state index in [1.807, 2.05) is 17.7 Å². The van der Waals surface area contributed by atoms with Gasteiger partial charge in [-0.1, -0.05) is 0 Å². The van der Waals surface area contributed by atoms with Gasteiger partial charge in [0.05, 0.1) is 22.9 Å². The Morgan fingerprint density at radius 2 is 2.43 bits per heavy atom. The first-order valence-electron chi connectivity index (χ1n) is 4.41. The third-order valence-electron chi connectivity index (χ3n) is 1.99. The second-order valence-corrected chi connectivity index (χ2v) is 4.10. The van der Waals surface area contributed by atoms with Gasteiger partial charge in [-0.3, -0.25) is 4.68 Å². The second-order valence-electron chi connectivity index (χ2n) is 3.04. The Bertz CT molecular complexity index is 418. The molecule has 0 saturated heterocycles. The van der Waals surface area contributed by atoms with Crippen LogP contribution in [0.25, 0.3) is 0 Å². The molecule has 0 radical (unpaired) electrons. The molecule has 4 nitrogen and oxygen atoms in total. The van der Waals surface area contributed by atoms with E-state index in [-0.39, 0.29) is 0 Å². The van der Waals surface area contributed by atoms with Crippen LogP contribution in [0.1, 0.15) is 16.4 Å². The van der Waals surface area contributed by atoms with Crippen molar-refractivity contribution in [3.8, 4) is 0 Å². The van der Waals surface area contributed by atoms with E-state index in [1.165, 1.54) is 0 Å². The summed E-state index contributed by atoms with van der Waals surface area (Å²) in [5.74, 6) is 0. The largest absolute Gasteiger partial charge is 0.325 e. The van der Waals surface area contributed by atoms with E-state index in [1.54, 1.807) is 17.5 Å². The van der Waals surface area contributed by atoms with Crippen LogP contribution in [-0.4, -0.2) is 14.8 Å². The van der Waals surface area contributed by atoms with Crippen molar-refractivity contribution < 1.29 is 0 Å². The molecule has 0 aromatic carbocycles. The van der Waals surface area contributed by atoms with Gasteiger partial charge < -0.3 is 5.73 Å². The summed E-state index contributed by atoms with van der Waals surface area (Å²) in [6.45, 7) is 3.23. The lowest BCUT2D eigenvalue weighted by molar-refractivity contribution is 0.636. The summed E-state index contributed by atoms with van der Waals surface area (Å²) in [4.78, 5) is 4.38. The van der Waals surface area contributed by atoms with Gasteiger partial charge in [-0.2, -0.15) is 5.10 Å². The molecule has 14 heavy (non-hydrogen) atoms. The van der Waals surface area contributed by atoms with Crippen molar-refractivity contribution in [3.05, 3.63) is 34.0 Å². The van der Waals surface area contributed by atoms with E-state index in [4.69, 9.17) is 5.73 Å². The molecule has 2 aromatic heterocycles. The van der Waals surface area contributed by atoms with E-state index in [2.05, 4.69) is 15.5 Å². The standard InChI is InChI=1S/C9H12N4S/c1-7-12-8(6-14-7)5-13-9(4-10)2-3-11-13/h2-3,6H,4-5,10H2,1H3. The van der Waals surface area contributed by atoms with Crippen LogP contribution in [0.5, 0.6) is 0 Å². The Morgan fingerprint density at radius 1 is 1.57 bits per heavy atom. The van der Waals surface area contributed by atoms with Gasteiger partial charge in [0.15, 0.2) is 0 Å². The first-order chi connectivity index (χ1) is 6.79. The Hall–Kier alpha value is -1.20. The highest BCUT2D eigenvalue weighted by Gasteiger charge is 2.03. The predicted octanol–water partition coefficient (Wildman–Crippen LogP) is 1.16. The molecule has 0 saturated carbocycles. The summed E-state index contributed by atoms with van der Waals surface area (Å²) < 4.78 is 1.88. The van der Waals surface area contributed by atoms with Crippen LogP contribution in [0, 0.1) is 6.92 Å². The van der Waals surface area contributed by atoms with Crippen LogP contribution < -0.4 is 5.73 Å². The van der Waals surface area contributed by atoms with Crippen molar-refractivity contribution in [2.75, 3.05) is 0 Å². The minimum Gasteiger partial charge on any atom is -0.325 e. The van der Waals surface area contributed by atoms with Gasteiger partial charge in [0.25, 0.3) is 0 Å². The molecule has 0 aliphatic heterocycles. The lowest BCUT2D eigenvalue weighted by atomic mass is 10.4. The number of aromatic nitrogens is 3. The van der Waals surface area contributed by atoms with E-state index >= 15 is 0 Å². The Balaban J connectivity index is 2.18. The zero-order chi connectivity index (χ0) is 9.97. The molecule has 0 bridgehead atoms. The molecule has 2 heterocycles. The minimum atomic E-state index is 0.517. The zero-order valence-electron chi connectivity index (χ0n) is 7.97. The molecule has 5 heteroatoms. The Kier molecular flexibility index (Phi) is 2.60.